The van der Waals surface area contributed by atoms with E-state index < -0.39 is 10.0 Å². The van der Waals surface area contributed by atoms with Crippen LogP contribution >= 0.6 is 11.6 Å². The summed E-state index contributed by atoms with van der Waals surface area (Å²) in [5.74, 6) is 0.366. The summed E-state index contributed by atoms with van der Waals surface area (Å²) in [6.07, 6.45) is 2.49. The normalized spacial score (nSPS) is 20.8. The zero-order chi connectivity index (χ0) is 13.9. The van der Waals surface area contributed by atoms with Gasteiger partial charge in [0.25, 0.3) is 0 Å². The third kappa shape index (κ3) is 3.66. The molecule has 0 saturated carbocycles. The topological polar surface area (TPSA) is 62.3 Å². The Morgan fingerprint density at radius 3 is 3.00 bits per heavy atom. The van der Waals surface area contributed by atoms with Crippen LogP contribution in [0.3, 0.4) is 0 Å². The molecule has 1 fully saturated rings. The fraction of sp³-hybridized carbons (Fsp3) is 0.583. The molecule has 1 aromatic rings. The van der Waals surface area contributed by atoms with Crippen LogP contribution in [0.4, 0.5) is 0 Å². The van der Waals surface area contributed by atoms with E-state index in [0.717, 1.165) is 26.1 Å². The van der Waals surface area contributed by atoms with Crippen molar-refractivity contribution in [3.8, 4) is 0 Å². The van der Waals surface area contributed by atoms with E-state index in [2.05, 4.69) is 21.5 Å². The standard InChI is InChI=1S/C12H18ClN3O2S/c1-2-16-7-5-10(9-16)8-15-19(17,18)11-4-3-6-14-12(11)13/h3-4,6,10,15H,2,5,7-9H2,1H3. The highest BCUT2D eigenvalue weighted by molar-refractivity contribution is 7.89. The molecule has 1 saturated heterocycles. The van der Waals surface area contributed by atoms with Gasteiger partial charge < -0.3 is 4.90 Å². The van der Waals surface area contributed by atoms with Crippen LogP contribution in [0.2, 0.25) is 5.15 Å². The van der Waals surface area contributed by atoms with Gasteiger partial charge >= 0.3 is 0 Å². The lowest BCUT2D eigenvalue weighted by molar-refractivity contribution is 0.342. The van der Waals surface area contributed by atoms with Gasteiger partial charge in [0, 0.05) is 19.3 Å². The van der Waals surface area contributed by atoms with Crippen LogP contribution in [0.15, 0.2) is 23.2 Å². The highest BCUT2D eigenvalue weighted by Crippen LogP contribution is 2.19. The van der Waals surface area contributed by atoms with Crippen LogP contribution < -0.4 is 4.72 Å². The van der Waals surface area contributed by atoms with Gasteiger partial charge in [-0.2, -0.15) is 0 Å². The van der Waals surface area contributed by atoms with E-state index in [-0.39, 0.29) is 10.0 Å². The highest BCUT2D eigenvalue weighted by Gasteiger charge is 2.24. The average molecular weight is 304 g/mol. The summed E-state index contributed by atoms with van der Waals surface area (Å²) < 4.78 is 26.8. The van der Waals surface area contributed by atoms with Crippen molar-refractivity contribution >= 4 is 21.6 Å². The monoisotopic (exact) mass is 303 g/mol. The van der Waals surface area contributed by atoms with Gasteiger partial charge in [-0.05, 0) is 37.6 Å². The molecule has 106 valence electrons. The molecule has 0 amide bonds. The highest BCUT2D eigenvalue weighted by atomic mass is 35.5. The molecule has 1 aliphatic rings. The second kappa shape index (κ2) is 6.17. The number of nitrogens with one attached hydrogen (secondary N) is 1. The number of nitrogens with zero attached hydrogens (tertiary/aromatic N) is 2. The lowest BCUT2D eigenvalue weighted by Gasteiger charge is -2.14. The number of pyridine rings is 1. The lowest BCUT2D eigenvalue weighted by Crippen LogP contribution is -2.31. The van der Waals surface area contributed by atoms with E-state index in [9.17, 15) is 8.42 Å². The van der Waals surface area contributed by atoms with Crippen LogP contribution in [0.1, 0.15) is 13.3 Å². The Morgan fingerprint density at radius 2 is 2.37 bits per heavy atom. The van der Waals surface area contributed by atoms with Gasteiger partial charge in [-0.3, -0.25) is 0 Å². The van der Waals surface area contributed by atoms with Gasteiger partial charge in [-0.1, -0.05) is 18.5 Å². The van der Waals surface area contributed by atoms with Crippen molar-refractivity contribution in [2.75, 3.05) is 26.2 Å². The van der Waals surface area contributed by atoms with Crippen molar-refractivity contribution in [1.29, 1.82) is 0 Å². The van der Waals surface area contributed by atoms with Gasteiger partial charge in [-0.25, -0.2) is 18.1 Å². The first kappa shape index (κ1) is 14.7. The number of hydrogen-bond donors (Lipinski definition) is 1. The van der Waals surface area contributed by atoms with Crippen molar-refractivity contribution in [2.45, 2.75) is 18.2 Å². The summed E-state index contributed by atoms with van der Waals surface area (Å²) in [6.45, 7) is 5.56. The van der Waals surface area contributed by atoms with Crippen molar-refractivity contribution in [3.05, 3.63) is 23.5 Å². The van der Waals surface area contributed by atoms with E-state index in [1.54, 1.807) is 6.07 Å². The Bertz CT molecular complexity index is 536. The molecular weight excluding hydrogens is 286 g/mol. The van der Waals surface area contributed by atoms with Gasteiger partial charge in [0.1, 0.15) is 10.0 Å². The summed E-state index contributed by atoms with van der Waals surface area (Å²) >= 11 is 5.81. The minimum absolute atomic E-state index is 0.0107. The fourth-order valence-corrected chi connectivity index (χ4v) is 3.81. The number of halogens is 1. The molecule has 1 aromatic heterocycles. The lowest BCUT2D eigenvalue weighted by atomic mass is 10.1. The predicted molar refractivity (Wildman–Crippen MR) is 74.7 cm³/mol. The largest absolute Gasteiger partial charge is 0.303 e. The maximum Gasteiger partial charge on any atom is 0.243 e. The summed E-state index contributed by atoms with van der Waals surface area (Å²) in [5, 5.41) is 0.0107. The number of aromatic nitrogens is 1. The van der Waals surface area contributed by atoms with Crippen molar-refractivity contribution in [3.63, 3.8) is 0 Å². The minimum atomic E-state index is -3.57. The molecule has 1 N–H and O–H groups in total. The van der Waals surface area contributed by atoms with Crippen molar-refractivity contribution in [2.24, 2.45) is 5.92 Å². The van der Waals surface area contributed by atoms with Crippen LogP contribution in [0.25, 0.3) is 0 Å². The quantitative estimate of drug-likeness (QED) is 0.834. The summed E-state index contributed by atoms with van der Waals surface area (Å²) in [7, 11) is -3.57. The zero-order valence-electron chi connectivity index (χ0n) is 10.8. The van der Waals surface area contributed by atoms with E-state index in [0.29, 0.717) is 12.5 Å². The SMILES string of the molecule is CCN1CCC(CNS(=O)(=O)c2cccnc2Cl)C1. The van der Waals surface area contributed by atoms with Gasteiger partial charge in [0.05, 0.1) is 0 Å². The Balaban J connectivity index is 1.97. The Hall–Kier alpha value is -0.690. The Labute approximate surface area is 119 Å². The van der Waals surface area contributed by atoms with E-state index in [1.807, 2.05) is 0 Å². The molecule has 5 nitrogen and oxygen atoms in total. The molecule has 0 aromatic carbocycles. The minimum Gasteiger partial charge on any atom is -0.303 e. The third-order valence-corrected chi connectivity index (χ3v) is 5.26. The first-order valence-corrected chi connectivity index (χ1v) is 8.21. The molecule has 0 aliphatic carbocycles. The number of hydrogen-bond acceptors (Lipinski definition) is 4. The maximum atomic E-state index is 12.1. The molecule has 7 heteroatoms. The number of sulfonamides is 1. The summed E-state index contributed by atoms with van der Waals surface area (Å²) in [5.41, 5.74) is 0. The van der Waals surface area contributed by atoms with E-state index >= 15 is 0 Å². The molecule has 2 heterocycles. The van der Waals surface area contributed by atoms with Gasteiger partial charge in [0.2, 0.25) is 10.0 Å². The predicted octanol–water partition coefficient (Wildman–Crippen LogP) is 1.36. The smallest absolute Gasteiger partial charge is 0.243 e. The van der Waals surface area contributed by atoms with Crippen LogP contribution in [-0.4, -0.2) is 44.5 Å². The van der Waals surface area contributed by atoms with Crippen molar-refractivity contribution in [1.82, 2.24) is 14.6 Å². The van der Waals surface area contributed by atoms with Gasteiger partial charge in [0.15, 0.2) is 0 Å². The van der Waals surface area contributed by atoms with Crippen LogP contribution in [-0.2, 0) is 10.0 Å². The molecular formula is C12H18ClN3O2S. The molecule has 0 radical (unpaired) electrons. The molecule has 0 bridgehead atoms. The van der Waals surface area contributed by atoms with Crippen LogP contribution in [0, 0.1) is 5.92 Å². The molecule has 1 unspecified atom stereocenters. The first-order chi connectivity index (χ1) is 9.03. The fourth-order valence-electron chi connectivity index (χ4n) is 2.24. The summed E-state index contributed by atoms with van der Waals surface area (Å²) in [4.78, 5) is 6.15. The number of likely N-dealkylation sites (tertiary alicyclic amines) is 1. The Kier molecular flexibility index (Phi) is 4.78. The van der Waals surface area contributed by atoms with Crippen LogP contribution in [0.5, 0.6) is 0 Å². The van der Waals surface area contributed by atoms with E-state index in [4.69, 9.17) is 11.6 Å². The molecule has 0 spiro atoms. The second-order valence-electron chi connectivity index (χ2n) is 4.69. The zero-order valence-corrected chi connectivity index (χ0v) is 12.4. The number of rotatable bonds is 5. The second-order valence-corrected chi connectivity index (χ2v) is 6.79. The Morgan fingerprint density at radius 1 is 1.58 bits per heavy atom. The molecule has 2 rings (SSSR count). The third-order valence-electron chi connectivity index (χ3n) is 3.39. The van der Waals surface area contributed by atoms with Gasteiger partial charge in [-0.15, -0.1) is 0 Å². The molecule has 19 heavy (non-hydrogen) atoms. The van der Waals surface area contributed by atoms with E-state index in [1.165, 1.54) is 12.3 Å². The van der Waals surface area contributed by atoms with Crippen molar-refractivity contribution < 1.29 is 8.42 Å². The molecule has 1 atom stereocenters. The average Bonchev–Trinajstić information content (AvgIpc) is 2.85. The first-order valence-electron chi connectivity index (χ1n) is 6.35. The molecule has 1 aliphatic heterocycles. The maximum absolute atomic E-state index is 12.1. The summed E-state index contributed by atoms with van der Waals surface area (Å²) in [6, 6.07) is 3.03.